The summed E-state index contributed by atoms with van der Waals surface area (Å²) in [4.78, 5) is 29.3. The molecular weight excluding hydrogens is 294 g/mol. The van der Waals surface area contributed by atoms with E-state index in [0.717, 1.165) is 0 Å². The molecule has 8 heteroatoms. The summed E-state index contributed by atoms with van der Waals surface area (Å²) in [7, 11) is -4.61. The third kappa shape index (κ3) is 54.1. The van der Waals surface area contributed by atoms with Crippen LogP contribution in [-0.2, 0) is 0 Å². The van der Waals surface area contributed by atoms with Crippen molar-refractivity contribution >= 4 is 119 Å². The summed E-state index contributed by atoms with van der Waals surface area (Å²) in [6, 6.07) is 0. The third-order valence-corrected chi connectivity index (χ3v) is 0. The van der Waals surface area contributed by atoms with E-state index in [1.165, 1.54) is 0 Å². The van der Waals surface area contributed by atoms with Crippen molar-refractivity contribution in [3.8, 4) is 0 Å². The molecule has 0 heterocycles. The molecule has 0 radical (unpaired) electrons. The first-order chi connectivity index (χ1) is 2.00. The Balaban J connectivity index is -0.0000000267. The fourth-order valence-electron chi connectivity index (χ4n) is 0. The minimum atomic E-state index is -4.61. The van der Waals surface area contributed by atoms with E-state index in [9.17, 15) is 0 Å². The van der Waals surface area contributed by atoms with Gasteiger partial charge in [-0.3, -0.25) is 0 Å². The van der Waals surface area contributed by atoms with Crippen LogP contribution < -0.4 is 0 Å². The van der Waals surface area contributed by atoms with Crippen molar-refractivity contribution in [2.24, 2.45) is 0 Å². The molecule has 0 aromatic rings. The zero-order valence-corrected chi connectivity index (χ0v) is 3.29. The van der Waals surface area contributed by atoms with Crippen LogP contribution in [0.25, 0.3) is 0 Å². The van der Waals surface area contributed by atoms with Gasteiger partial charge >= 0.3 is 119 Å². The summed E-state index contributed by atoms with van der Waals surface area (Å²) < 4.78 is 0. The van der Waals surface area contributed by atoms with E-state index >= 15 is 0 Å². The van der Waals surface area contributed by atoms with Crippen molar-refractivity contribution < 1.29 is 19.2 Å². The van der Waals surface area contributed by atoms with E-state index in [4.69, 9.17) is 19.2 Å². The Morgan fingerprint density at radius 1 is 0.875 bits per heavy atom. The van der Waals surface area contributed by atoms with Crippen LogP contribution in [-0.4, -0.2) is 138 Å². The van der Waals surface area contributed by atoms with Gasteiger partial charge in [0.1, 0.15) is 0 Å². The van der Waals surface area contributed by atoms with Crippen LogP contribution in [0.3, 0.4) is 0 Å². The molecule has 0 bridgehead atoms. The standard InChI is InChI=1S/Ba.Ca.Mg.H4O4Si.6H/c;;;1-5(2,3)4;;;;;;/h;;;1-4H;;;;;;. The molecule has 0 atom stereocenters. The van der Waals surface area contributed by atoms with Crippen LogP contribution >= 0.6 is 0 Å². The normalized spacial score (nSPS) is 7.50. The molecule has 0 saturated carbocycles. The zero-order valence-electron chi connectivity index (χ0n) is 2.29. The summed E-state index contributed by atoms with van der Waals surface area (Å²) in [6.07, 6.45) is 0. The Bertz CT molecular complexity index is 31.5. The second kappa shape index (κ2) is 10.7. The smallest absolute Gasteiger partial charge is 0.316 e. The molecule has 0 spiro atoms. The average molecular weight is 304 g/mol. The van der Waals surface area contributed by atoms with Gasteiger partial charge in [0.15, 0.2) is 0 Å². The SMILES string of the molecule is O[Si](O)(O)O.[BaH2].[CaH2].[MgH2]. The maximum absolute atomic E-state index is 7.33. The molecule has 0 aliphatic rings. The summed E-state index contributed by atoms with van der Waals surface area (Å²) in [5, 5.41) is 0. The molecule has 0 aromatic heterocycles. The molecule has 0 rings (SSSR count). The maximum atomic E-state index is 7.33. The minimum Gasteiger partial charge on any atom is 0.316 e. The second-order valence-corrected chi connectivity index (χ2v) is 1.80. The third-order valence-electron chi connectivity index (χ3n) is 0. The van der Waals surface area contributed by atoms with Gasteiger partial charge < -0.3 is 19.2 Å². The zero-order chi connectivity index (χ0) is 4.50. The van der Waals surface area contributed by atoms with Crippen LogP contribution in [0.2, 0.25) is 0 Å². The largest absolute Gasteiger partial charge is 0.316 e. The van der Waals surface area contributed by atoms with Crippen molar-refractivity contribution in [3.05, 3.63) is 0 Å². The van der Waals surface area contributed by atoms with E-state index in [0.29, 0.717) is 0 Å². The molecule has 44 valence electrons. The first-order valence-corrected chi connectivity index (χ1v) is 2.68. The van der Waals surface area contributed by atoms with Crippen LogP contribution in [0.15, 0.2) is 0 Å². The molecule has 0 unspecified atom stereocenters. The van der Waals surface area contributed by atoms with Crippen molar-refractivity contribution in [1.82, 2.24) is 0 Å². The monoisotopic (exact) mass is 304 g/mol. The summed E-state index contributed by atoms with van der Waals surface area (Å²) in [6.45, 7) is 0. The molecule has 8 heavy (non-hydrogen) atoms. The van der Waals surface area contributed by atoms with Gasteiger partial charge in [-0.05, 0) is 0 Å². The topological polar surface area (TPSA) is 80.9 Å². The molecule has 0 saturated heterocycles. The molecule has 4 nitrogen and oxygen atoms in total. The van der Waals surface area contributed by atoms with E-state index in [1.54, 1.807) is 0 Å². The van der Waals surface area contributed by atoms with Gasteiger partial charge in [0.2, 0.25) is 0 Å². The van der Waals surface area contributed by atoms with Crippen molar-refractivity contribution in [3.63, 3.8) is 0 Å². The fourth-order valence-corrected chi connectivity index (χ4v) is 0. The Morgan fingerprint density at radius 2 is 0.875 bits per heavy atom. The molecule has 0 aromatic carbocycles. The molecular formula is H10BaCaMgO4Si. The Hall–Kier alpha value is 3.65. The van der Waals surface area contributed by atoms with Gasteiger partial charge in [0.25, 0.3) is 0 Å². The summed E-state index contributed by atoms with van der Waals surface area (Å²) in [5.41, 5.74) is 0. The van der Waals surface area contributed by atoms with E-state index < -0.39 is 9.05 Å². The van der Waals surface area contributed by atoms with Gasteiger partial charge in [-0.15, -0.1) is 0 Å². The molecule has 0 amide bonds. The Labute approximate surface area is 134 Å². The van der Waals surface area contributed by atoms with Crippen LogP contribution in [0.4, 0.5) is 0 Å². The summed E-state index contributed by atoms with van der Waals surface area (Å²) >= 11 is 0. The average Bonchev–Trinajstić information content (AvgIpc) is 0.722. The van der Waals surface area contributed by atoms with Crippen LogP contribution in [0, 0.1) is 0 Å². The Morgan fingerprint density at radius 3 is 0.875 bits per heavy atom. The van der Waals surface area contributed by atoms with Crippen molar-refractivity contribution in [1.29, 1.82) is 0 Å². The van der Waals surface area contributed by atoms with Gasteiger partial charge in [0.05, 0.1) is 0 Å². The molecule has 0 aliphatic heterocycles. The van der Waals surface area contributed by atoms with Gasteiger partial charge in [-0.2, -0.15) is 0 Å². The first kappa shape index (κ1) is 22.6. The predicted octanol–water partition coefficient (Wildman–Crippen LogP) is -5.36. The minimum absolute atomic E-state index is 0. The van der Waals surface area contributed by atoms with Crippen molar-refractivity contribution in [2.45, 2.75) is 0 Å². The van der Waals surface area contributed by atoms with Gasteiger partial charge in [-0.25, -0.2) is 0 Å². The van der Waals surface area contributed by atoms with Crippen LogP contribution in [0.5, 0.6) is 0 Å². The van der Waals surface area contributed by atoms with Crippen molar-refractivity contribution in [2.75, 3.05) is 0 Å². The number of hydrogen-bond acceptors (Lipinski definition) is 4. The van der Waals surface area contributed by atoms with E-state index in [1.807, 2.05) is 0 Å². The predicted molar refractivity (Wildman–Crippen MR) is 40.3 cm³/mol. The van der Waals surface area contributed by atoms with Crippen LogP contribution in [0.1, 0.15) is 0 Å². The Kier molecular flexibility index (Phi) is 30.1. The second-order valence-electron chi connectivity index (χ2n) is 0.600. The molecule has 4 N–H and O–H groups in total. The van der Waals surface area contributed by atoms with Gasteiger partial charge in [0, 0.05) is 0 Å². The maximum Gasteiger partial charge on any atom is 0.316 e. The first-order valence-electron chi connectivity index (χ1n) is 0.894. The van der Waals surface area contributed by atoms with E-state index in [-0.39, 0.29) is 110 Å². The van der Waals surface area contributed by atoms with Gasteiger partial charge in [-0.1, -0.05) is 0 Å². The molecule has 0 fully saturated rings. The van der Waals surface area contributed by atoms with E-state index in [2.05, 4.69) is 0 Å². The molecule has 0 aliphatic carbocycles. The summed E-state index contributed by atoms with van der Waals surface area (Å²) in [5.74, 6) is 0. The fraction of sp³-hybridized carbons (Fsp3) is 0. The number of hydrogen-bond donors (Lipinski definition) is 4. The quantitative estimate of drug-likeness (QED) is 0.337. The number of rotatable bonds is 0.